The number of ether oxygens (including phenoxy) is 2. The quantitative estimate of drug-likeness (QED) is 0.695. The molecular weight excluding hydrogens is 458 g/mol. The summed E-state index contributed by atoms with van der Waals surface area (Å²) in [5, 5.41) is 2.98. The molecule has 2 aromatic carbocycles. The van der Waals surface area contributed by atoms with Gasteiger partial charge in [-0.2, -0.15) is 0 Å². The lowest BCUT2D eigenvalue weighted by Crippen LogP contribution is -2.60. The summed E-state index contributed by atoms with van der Waals surface area (Å²) in [6.07, 6.45) is 2.81. The lowest BCUT2D eigenvalue weighted by atomic mass is 9.96. The minimum absolute atomic E-state index is 0.0135. The average molecular weight is 492 g/mol. The zero-order valence-corrected chi connectivity index (χ0v) is 20.7. The first-order valence-electron chi connectivity index (χ1n) is 12.7. The van der Waals surface area contributed by atoms with E-state index in [1.807, 2.05) is 49.4 Å². The van der Waals surface area contributed by atoms with Crippen LogP contribution in [0.4, 0.5) is 0 Å². The Morgan fingerprint density at radius 1 is 0.972 bits per heavy atom. The van der Waals surface area contributed by atoms with E-state index >= 15 is 0 Å². The van der Waals surface area contributed by atoms with Crippen LogP contribution in [0.5, 0.6) is 0 Å². The molecule has 2 unspecified atom stereocenters. The van der Waals surface area contributed by atoms with Crippen LogP contribution < -0.4 is 5.32 Å². The van der Waals surface area contributed by atoms with Crippen molar-refractivity contribution in [1.82, 2.24) is 15.1 Å². The van der Waals surface area contributed by atoms with Crippen molar-refractivity contribution in [3.63, 3.8) is 0 Å². The fraction of sp³-hybridized carbons (Fsp3) is 0.464. The van der Waals surface area contributed by atoms with Gasteiger partial charge in [-0.05, 0) is 44.0 Å². The Balaban J connectivity index is 1.33. The Morgan fingerprint density at radius 2 is 1.67 bits per heavy atom. The van der Waals surface area contributed by atoms with Crippen LogP contribution >= 0.6 is 0 Å². The molecule has 36 heavy (non-hydrogen) atoms. The van der Waals surface area contributed by atoms with Crippen LogP contribution in [0.25, 0.3) is 0 Å². The normalized spacial score (nSPS) is 23.1. The minimum atomic E-state index is -0.928. The summed E-state index contributed by atoms with van der Waals surface area (Å²) in [7, 11) is 0. The first-order valence-corrected chi connectivity index (χ1v) is 12.7. The number of benzene rings is 2. The number of piperidine rings is 1. The van der Waals surface area contributed by atoms with E-state index in [9.17, 15) is 14.4 Å². The molecule has 0 aromatic heterocycles. The zero-order chi connectivity index (χ0) is 25.1. The van der Waals surface area contributed by atoms with E-state index in [0.717, 1.165) is 18.4 Å². The minimum Gasteiger partial charge on any atom is -0.376 e. The second-order valence-electron chi connectivity index (χ2n) is 9.85. The molecule has 190 valence electrons. The molecule has 5 rings (SSSR count). The fourth-order valence-electron chi connectivity index (χ4n) is 5.36. The van der Waals surface area contributed by atoms with Crippen LogP contribution in [0, 0.1) is 6.92 Å². The molecule has 2 aromatic rings. The van der Waals surface area contributed by atoms with Crippen molar-refractivity contribution < 1.29 is 23.9 Å². The number of carbonyl (C=O) groups excluding carboxylic acids is 3. The first-order chi connectivity index (χ1) is 17.5. The van der Waals surface area contributed by atoms with E-state index in [4.69, 9.17) is 9.47 Å². The number of hydrogen-bond donors (Lipinski definition) is 1. The smallest absolute Gasteiger partial charge is 0.256 e. The van der Waals surface area contributed by atoms with Gasteiger partial charge in [0.2, 0.25) is 5.91 Å². The molecule has 0 bridgehead atoms. The van der Waals surface area contributed by atoms with E-state index in [1.54, 1.807) is 21.9 Å². The number of hydrogen-bond acceptors (Lipinski definition) is 5. The maximum atomic E-state index is 13.7. The molecule has 3 aliphatic rings. The van der Waals surface area contributed by atoms with Crippen molar-refractivity contribution in [3.8, 4) is 0 Å². The lowest BCUT2D eigenvalue weighted by Gasteiger charge is -2.44. The Bertz CT molecular complexity index is 1090. The van der Waals surface area contributed by atoms with Gasteiger partial charge in [0.15, 0.2) is 0 Å². The van der Waals surface area contributed by atoms with E-state index in [1.165, 1.54) is 0 Å². The molecular formula is C28H33N3O5. The van der Waals surface area contributed by atoms with Crippen molar-refractivity contribution in [1.29, 1.82) is 0 Å². The van der Waals surface area contributed by atoms with Crippen LogP contribution in [-0.4, -0.2) is 78.2 Å². The molecule has 3 heterocycles. The summed E-state index contributed by atoms with van der Waals surface area (Å²) in [5.74, 6) is -0.497. The number of likely N-dealkylation sites (tertiary alicyclic amines) is 1. The molecule has 3 saturated heterocycles. The monoisotopic (exact) mass is 491 g/mol. The highest BCUT2D eigenvalue weighted by Gasteiger charge is 2.54. The molecule has 2 atom stereocenters. The van der Waals surface area contributed by atoms with Gasteiger partial charge < -0.3 is 19.7 Å². The average Bonchev–Trinajstić information content (AvgIpc) is 3.56. The van der Waals surface area contributed by atoms with E-state index in [0.29, 0.717) is 50.2 Å². The van der Waals surface area contributed by atoms with Gasteiger partial charge in [0, 0.05) is 50.2 Å². The topological polar surface area (TPSA) is 88.2 Å². The molecule has 1 N–H and O–H groups in total. The van der Waals surface area contributed by atoms with Gasteiger partial charge in [0.25, 0.3) is 11.8 Å². The number of rotatable bonds is 5. The number of amides is 3. The summed E-state index contributed by atoms with van der Waals surface area (Å²) in [6.45, 7) is 4.14. The zero-order valence-electron chi connectivity index (χ0n) is 20.7. The van der Waals surface area contributed by atoms with Gasteiger partial charge in [0.1, 0.15) is 11.8 Å². The van der Waals surface area contributed by atoms with Crippen LogP contribution in [0.15, 0.2) is 54.6 Å². The molecule has 3 amide bonds. The number of aryl methyl sites for hydroxylation is 1. The Kier molecular flexibility index (Phi) is 7.07. The summed E-state index contributed by atoms with van der Waals surface area (Å²) < 4.78 is 11.9. The van der Waals surface area contributed by atoms with E-state index in [2.05, 4.69) is 5.32 Å². The highest BCUT2D eigenvalue weighted by Crippen LogP contribution is 2.39. The van der Waals surface area contributed by atoms with Crippen molar-refractivity contribution in [2.75, 3.05) is 32.8 Å². The highest BCUT2D eigenvalue weighted by atomic mass is 16.5. The molecule has 3 fully saturated rings. The molecule has 1 spiro atoms. The molecule has 8 heteroatoms. The third-order valence-corrected chi connectivity index (χ3v) is 7.46. The van der Waals surface area contributed by atoms with Gasteiger partial charge in [0.05, 0.1) is 12.7 Å². The van der Waals surface area contributed by atoms with Gasteiger partial charge in [-0.15, -0.1) is 0 Å². The van der Waals surface area contributed by atoms with Gasteiger partial charge >= 0.3 is 0 Å². The Labute approximate surface area is 211 Å². The van der Waals surface area contributed by atoms with Gasteiger partial charge in [-0.3, -0.25) is 19.3 Å². The van der Waals surface area contributed by atoms with Crippen molar-refractivity contribution >= 4 is 17.7 Å². The summed E-state index contributed by atoms with van der Waals surface area (Å²) in [5.41, 5.74) is 1.33. The van der Waals surface area contributed by atoms with Crippen LogP contribution in [0.1, 0.15) is 52.0 Å². The third-order valence-electron chi connectivity index (χ3n) is 7.46. The SMILES string of the molecule is Cc1ccc(C(=O)N2CCC3(CC2)OCC(C(=O)NCC2CCCO2)N3C(=O)c2ccccc2)cc1. The largest absolute Gasteiger partial charge is 0.376 e. The predicted octanol–water partition coefficient (Wildman–Crippen LogP) is 2.76. The highest BCUT2D eigenvalue weighted by molar-refractivity contribution is 5.98. The second-order valence-corrected chi connectivity index (χ2v) is 9.85. The Hall–Kier alpha value is -3.23. The fourth-order valence-corrected chi connectivity index (χ4v) is 5.36. The molecule has 0 aliphatic carbocycles. The maximum absolute atomic E-state index is 13.7. The predicted molar refractivity (Wildman–Crippen MR) is 133 cm³/mol. The van der Waals surface area contributed by atoms with E-state index in [-0.39, 0.29) is 30.4 Å². The van der Waals surface area contributed by atoms with Crippen LogP contribution in [0.2, 0.25) is 0 Å². The molecule has 8 nitrogen and oxygen atoms in total. The number of nitrogens with one attached hydrogen (secondary N) is 1. The van der Waals surface area contributed by atoms with Crippen molar-refractivity contribution in [2.24, 2.45) is 0 Å². The van der Waals surface area contributed by atoms with Crippen molar-refractivity contribution in [3.05, 3.63) is 71.3 Å². The first kappa shape index (κ1) is 24.5. The summed E-state index contributed by atoms with van der Waals surface area (Å²) in [4.78, 5) is 43.5. The lowest BCUT2D eigenvalue weighted by molar-refractivity contribution is -0.128. The Morgan fingerprint density at radius 3 is 2.33 bits per heavy atom. The van der Waals surface area contributed by atoms with E-state index < -0.39 is 11.8 Å². The second kappa shape index (κ2) is 10.4. The standard InChI is InChI=1S/C28H33N3O5/c1-20-9-11-22(12-10-20)26(33)30-15-13-28(14-16-30)31(27(34)21-6-3-2-4-7-21)24(19-36-28)25(32)29-18-23-8-5-17-35-23/h2-4,6-7,9-12,23-24H,5,8,13-19H2,1H3,(H,29,32). The number of nitrogens with zero attached hydrogens (tertiary/aromatic N) is 2. The molecule has 0 radical (unpaired) electrons. The van der Waals surface area contributed by atoms with Gasteiger partial charge in [-0.25, -0.2) is 0 Å². The summed E-state index contributed by atoms with van der Waals surface area (Å²) in [6, 6.07) is 15.8. The summed E-state index contributed by atoms with van der Waals surface area (Å²) >= 11 is 0. The van der Waals surface area contributed by atoms with Crippen LogP contribution in [0.3, 0.4) is 0 Å². The van der Waals surface area contributed by atoms with Crippen LogP contribution in [-0.2, 0) is 14.3 Å². The third kappa shape index (κ3) is 4.88. The molecule has 0 saturated carbocycles. The number of carbonyl (C=O) groups is 3. The maximum Gasteiger partial charge on any atom is 0.256 e. The molecule has 3 aliphatic heterocycles. The van der Waals surface area contributed by atoms with Crippen molar-refractivity contribution in [2.45, 2.75) is 50.5 Å². The van der Waals surface area contributed by atoms with Gasteiger partial charge in [-0.1, -0.05) is 35.9 Å².